The number of rotatable bonds is 4. The fourth-order valence-electron chi connectivity index (χ4n) is 0.720. The van der Waals surface area contributed by atoms with Crippen molar-refractivity contribution in [2.24, 2.45) is 0 Å². The highest BCUT2D eigenvalue weighted by molar-refractivity contribution is 9.07. The molecule has 76 valence electrons. The summed E-state index contributed by atoms with van der Waals surface area (Å²) < 4.78 is 1.70. The largest absolute Gasteiger partial charge is 0.481 e. The van der Waals surface area contributed by atoms with Gasteiger partial charge in [0.25, 0.3) is 0 Å². The molecular formula is C7H14BrNO2SSi. The van der Waals surface area contributed by atoms with Gasteiger partial charge < -0.3 is 9.03 Å². The first-order valence-corrected chi connectivity index (χ1v) is 8.73. The molecule has 0 aliphatic rings. The number of hydrogen-bond acceptors (Lipinski definition) is 2. The zero-order valence-corrected chi connectivity index (χ0v) is 11.4. The van der Waals surface area contributed by atoms with E-state index < -0.39 is 14.0 Å². The summed E-state index contributed by atoms with van der Waals surface area (Å²) in [5.41, 5.74) is 0. The van der Waals surface area contributed by atoms with E-state index in [1.807, 2.05) is 0 Å². The van der Waals surface area contributed by atoms with E-state index >= 15 is 0 Å². The van der Waals surface area contributed by atoms with E-state index in [0.29, 0.717) is 4.99 Å². The minimum atomic E-state index is -1.24. The maximum Gasteiger partial charge on any atom is 0.310 e. The van der Waals surface area contributed by atoms with Crippen molar-refractivity contribution in [1.82, 2.24) is 3.93 Å². The monoisotopic (exact) mass is 283 g/mol. The lowest BCUT2D eigenvalue weighted by Gasteiger charge is -2.24. The van der Waals surface area contributed by atoms with Crippen LogP contribution in [0, 0.1) is 0 Å². The Balaban J connectivity index is 4.04. The molecule has 0 aromatic rings. The summed E-state index contributed by atoms with van der Waals surface area (Å²) in [6, 6.07) is 0. The lowest BCUT2D eigenvalue weighted by molar-refractivity contribution is -0.135. The van der Waals surface area contributed by atoms with E-state index in [9.17, 15) is 4.79 Å². The molecule has 6 heteroatoms. The van der Waals surface area contributed by atoms with E-state index in [4.69, 9.17) is 17.3 Å². The molecule has 0 unspecified atom stereocenters. The van der Waals surface area contributed by atoms with Crippen LogP contribution in [0.3, 0.4) is 0 Å². The first-order valence-electron chi connectivity index (χ1n) is 3.90. The van der Waals surface area contributed by atoms with Crippen LogP contribution in [0.1, 0.15) is 6.42 Å². The Morgan fingerprint density at radius 3 is 2.31 bits per heavy atom. The van der Waals surface area contributed by atoms with Crippen LogP contribution in [0.5, 0.6) is 0 Å². The van der Waals surface area contributed by atoms with Gasteiger partial charge in [0, 0.05) is 22.3 Å². The quantitative estimate of drug-likeness (QED) is 0.488. The summed E-state index contributed by atoms with van der Waals surface area (Å²) in [4.78, 5) is 10.8. The van der Waals surface area contributed by atoms with Gasteiger partial charge >= 0.3 is 5.97 Å². The molecule has 0 aromatic carbocycles. The SMILES string of the molecule is C[Si](C)(C)CN(Br)C(=S)CC(=O)O. The standard InChI is InChI=1S/C7H14BrNO2SSi/c1-13(2,3)5-9(8)6(12)4-7(10)11/h4-5H2,1-3H3,(H,10,11). The maximum atomic E-state index is 10.4. The van der Waals surface area contributed by atoms with Crippen molar-refractivity contribution >= 4 is 47.4 Å². The summed E-state index contributed by atoms with van der Waals surface area (Å²) in [7, 11) is -1.24. The van der Waals surface area contributed by atoms with E-state index in [-0.39, 0.29) is 6.42 Å². The van der Waals surface area contributed by atoms with Crippen molar-refractivity contribution < 1.29 is 9.90 Å². The molecule has 13 heavy (non-hydrogen) atoms. The van der Waals surface area contributed by atoms with Gasteiger partial charge in [0.1, 0.15) is 0 Å². The van der Waals surface area contributed by atoms with Crippen molar-refractivity contribution in [1.29, 1.82) is 0 Å². The third kappa shape index (κ3) is 7.15. The Hall–Kier alpha value is 0.0569. The first-order chi connectivity index (χ1) is 5.72. The summed E-state index contributed by atoms with van der Waals surface area (Å²) in [5.74, 6) is -0.884. The van der Waals surface area contributed by atoms with Gasteiger partial charge in [-0.2, -0.15) is 0 Å². The lowest BCUT2D eigenvalue weighted by Crippen LogP contribution is -2.37. The number of halogens is 1. The normalized spacial score (nSPS) is 11.1. The average molecular weight is 284 g/mol. The summed E-state index contributed by atoms with van der Waals surface area (Å²) in [5, 5.41) is 8.51. The molecule has 0 spiro atoms. The molecule has 0 aromatic heterocycles. The van der Waals surface area contributed by atoms with Gasteiger partial charge in [-0.05, 0) is 0 Å². The van der Waals surface area contributed by atoms with Gasteiger partial charge in [-0.15, -0.1) is 0 Å². The molecule has 0 amide bonds. The molecule has 0 heterocycles. The molecule has 1 N–H and O–H groups in total. The van der Waals surface area contributed by atoms with Crippen LogP contribution < -0.4 is 0 Å². The lowest BCUT2D eigenvalue weighted by atomic mass is 10.4. The van der Waals surface area contributed by atoms with E-state index in [0.717, 1.165) is 6.17 Å². The van der Waals surface area contributed by atoms with Gasteiger partial charge in [-0.3, -0.25) is 4.79 Å². The molecule has 0 saturated carbocycles. The number of carboxylic acids is 1. The minimum Gasteiger partial charge on any atom is -0.481 e. The van der Waals surface area contributed by atoms with Crippen LogP contribution in [-0.4, -0.2) is 34.2 Å². The van der Waals surface area contributed by atoms with Crippen molar-refractivity contribution in [2.45, 2.75) is 26.1 Å². The summed E-state index contributed by atoms with van der Waals surface area (Å²) >= 11 is 8.21. The number of carbonyl (C=O) groups is 1. The molecule has 3 nitrogen and oxygen atoms in total. The Kier molecular flexibility index (Phi) is 5.09. The Morgan fingerprint density at radius 2 is 2.00 bits per heavy atom. The molecule has 0 saturated heterocycles. The number of carboxylic acid groups (broad SMARTS) is 1. The van der Waals surface area contributed by atoms with Gasteiger partial charge in [0.15, 0.2) is 0 Å². The van der Waals surface area contributed by atoms with Gasteiger partial charge in [0.05, 0.1) is 19.5 Å². The van der Waals surface area contributed by atoms with Crippen LogP contribution in [-0.2, 0) is 4.79 Å². The highest BCUT2D eigenvalue weighted by Crippen LogP contribution is 2.11. The first kappa shape index (κ1) is 13.1. The van der Waals surface area contributed by atoms with E-state index in [1.54, 1.807) is 3.93 Å². The molecule has 0 bridgehead atoms. The Bertz CT molecular complexity index is 217. The van der Waals surface area contributed by atoms with Crippen LogP contribution in [0.4, 0.5) is 0 Å². The smallest absolute Gasteiger partial charge is 0.310 e. The van der Waals surface area contributed by atoms with Gasteiger partial charge in [0.2, 0.25) is 0 Å². The summed E-state index contributed by atoms with van der Waals surface area (Å²) in [6.45, 7) is 6.60. The molecule has 0 fully saturated rings. The number of thiocarbonyl (C=S) groups is 1. The van der Waals surface area contributed by atoms with Crippen molar-refractivity contribution in [3.8, 4) is 0 Å². The molecule has 0 radical (unpaired) electrons. The van der Waals surface area contributed by atoms with Crippen LogP contribution in [0.25, 0.3) is 0 Å². The zero-order chi connectivity index (χ0) is 10.6. The molecule has 0 aliphatic carbocycles. The van der Waals surface area contributed by atoms with Crippen LogP contribution >= 0.6 is 28.4 Å². The fourth-order valence-corrected chi connectivity index (χ4v) is 4.43. The van der Waals surface area contributed by atoms with Crippen LogP contribution in [0.2, 0.25) is 19.6 Å². The average Bonchev–Trinajstić information content (AvgIpc) is 1.81. The number of nitrogens with zero attached hydrogens (tertiary/aromatic N) is 1. The summed E-state index contributed by atoms with van der Waals surface area (Å²) in [6.07, 6.45) is 0.754. The van der Waals surface area contributed by atoms with E-state index in [1.165, 1.54) is 0 Å². The van der Waals surface area contributed by atoms with Crippen molar-refractivity contribution in [3.63, 3.8) is 0 Å². The second kappa shape index (κ2) is 5.07. The number of aliphatic carboxylic acids is 1. The minimum absolute atomic E-state index is 0.0783. The molecule has 0 aliphatic heterocycles. The second-order valence-corrected chi connectivity index (χ2v) is 10.8. The highest BCUT2D eigenvalue weighted by Gasteiger charge is 2.19. The molecule has 0 atom stereocenters. The van der Waals surface area contributed by atoms with Crippen molar-refractivity contribution in [2.75, 3.05) is 6.17 Å². The van der Waals surface area contributed by atoms with Crippen LogP contribution in [0.15, 0.2) is 0 Å². The Morgan fingerprint density at radius 1 is 1.54 bits per heavy atom. The maximum absolute atomic E-state index is 10.4. The van der Waals surface area contributed by atoms with Gasteiger partial charge in [-0.25, -0.2) is 0 Å². The predicted molar refractivity (Wildman–Crippen MR) is 63.8 cm³/mol. The van der Waals surface area contributed by atoms with E-state index in [2.05, 4.69) is 35.8 Å². The molecular weight excluding hydrogens is 270 g/mol. The van der Waals surface area contributed by atoms with Gasteiger partial charge in [-0.1, -0.05) is 31.9 Å². The third-order valence-electron chi connectivity index (χ3n) is 1.19. The topological polar surface area (TPSA) is 40.5 Å². The zero-order valence-electron chi connectivity index (χ0n) is 8.00. The van der Waals surface area contributed by atoms with Crippen molar-refractivity contribution in [3.05, 3.63) is 0 Å². The molecule has 0 rings (SSSR count). The fraction of sp³-hybridized carbons (Fsp3) is 0.714. The predicted octanol–water partition coefficient (Wildman–Crippen LogP) is 2.28. The second-order valence-electron chi connectivity index (χ2n) is 4.05. The highest BCUT2D eigenvalue weighted by atomic mass is 79.9. The number of hydrogen-bond donors (Lipinski definition) is 1. The Labute approximate surface area is 93.5 Å². The third-order valence-corrected chi connectivity index (χ3v) is 4.19.